The fourth-order valence-electron chi connectivity index (χ4n) is 1.45. The molecule has 1 amide bonds. The van der Waals surface area contributed by atoms with E-state index in [0.717, 1.165) is 5.56 Å². The predicted molar refractivity (Wildman–Crippen MR) is 79.7 cm³/mol. The van der Waals surface area contributed by atoms with Gasteiger partial charge in [0, 0.05) is 16.3 Å². The Morgan fingerprint density at radius 1 is 1.10 bits per heavy atom. The second kappa shape index (κ2) is 7.22. The van der Waals surface area contributed by atoms with Crippen molar-refractivity contribution in [1.82, 2.24) is 0 Å². The van der Waals surface area contributed by atoms with Gasteiger partial charge < -0.3 is 4.74 Å². The first-order chi connectivity index (χ1) is 9.74. The minimum absolute atomic E-state index is 0.0291. The smallest absolute Gasteiger partial charge is 0.412 e. The molecular weight excluding hydrogens is 274 g/mol. The minimum Gasteiger partial charge on any atom is -0.436 e. The van der Waals surface area contributed by atoms with Gasteiger partial charge in [-0.25, -0.2) is 4.79 Å². The van der Waals surface area contributed by atoms with Crippen molar-refractivity contribution in [3.63, 3.8) is 0 Å². The van der Waals surface area contributed by atoms with E-state index in [9.17, 15) is 4.79 Å². The fourth-order valence-corrected chi connectivity index (χ4v) is 1.57. The maximum absolute atomic E-state index is 11.4. The molecule has 0 radical (unpaired) electrons. The van der Waals surface area contributed by atoms with Gasteiger partial charge in [-0.05, 0) is 36.4 Å². The number of halogens is 1. The van der Waals surface area contributed by atoms with Crippen molar-refractivity contribution in [1.29, 1.82) is 0 Å². The minimum atomic E-state index is -0.526. The van der Waals surface area contributed by atoms with Gasteiger partial charge >= 0.3 is 6.09 Å². The fraction of sp³-hybridized carbons (Fsp3) is 0.0625. The van der Waals surface area contributed by atoms with Crippen molar-refractivity contribution in [2.24, 2.45) is 0 Å². The Kier molecular flexibility index (Phi) is 5.05. The van der Waals surface area contributed by atoms with Crippen molar-refractivity contribution < 1.29 is 9.53 Å². The molecule has 0 bridgehead atoms. The topological polar surface area (TPSA) is 38.3 Å². The van der Waals surface area contributed by atoms with Crippen LogP contribution in [0.25, 0.3) is 0 Å². The van der Waals surface area contributed by atoms with Crippen LogP contribution >= 0.6 is 11.6 Å². The number of hydrogen-bond acceptors (Lipinski definition) is 2. The first-order valence-corrected chi connectivity index (χ1v) is 6.35. The number of amides is 1. The highest BCUT2D eigenvalue weighted by Crippen LogP contribution is 2.08. The molecule has 4 heteroatoms. The van der Waals surface area contributed by atoms with E-state index in [2.05, 4.69) is 17.2 Å². The average Bonchev–Trinajstić information content (AvgIpc) is 2.46. The summed E-state index contributed by atoms with van der Waals surface area (Å²) in [6.45, 7) is 0.0291. The summed E-state index contributed by atoms with van der Waals surface area (Å²) in [5, 5.41) is 3.26. The maximum Gasteiger partial charge on any atom is 0.412 e. The predicted octanol–water partition coefficient (Wildman–Crippen LogP) is 3.94. The molecule has 0 saturated carbocycles. The monoisotopic (exact) mass is 285 g/mol. The summed E-state index contributed by atoms with van der Waals surface area (Å²) in [7, 11) is 0. The molecule has 2 aromatic rings. The number of nitrogens with one attached hydrogen (secondary N) is 1. The van der Waals surface area contributed by atoms with E-state index in [-0.39, 0.29) is 6.61 Å². The molecule has 0 spiro atoms. The molecule has 0 aromatic heterocycles. The van der Waals surface area contributed by atoms with Gasteiger partial charge in [-0.15, -0.1) is 0 Å². The summed E-state index contributed by atoms with van der Waals surface area (Å²) in [6, 6.07) is 16.2. The zero-order valence-electron chi connectivity index (χ0n) is 10.6. The normalized spacial score (nSPS) is 9.25. The van der Waals surface area contributed by atoms with Crippen molar-refractivity contribution in [2.45, 2.75) is 0 Å². The molecule has 0 heterocycles. The maximum atomic E-state index is 11.4. The third kappa shape index (κ3) is 4.68. The Labute approximate surface area is 122 Å². The Hall–Kier alpha value is -2.44. The van der Waals surface area contributed by atoms with Crippen LogP contribution in [0.3, 0.4) is 0 Å². The number of hydrogen-bond donors (Lipinski definition) is 1. The summed E-state index contributed by atoms with van der Waals surface area (Å²) >= 11 is 5.77. The van der Waals surface area contributed by atoms with Crippen molar-refractivity contribution in [3.05, 3.63) is 65.2 Å². The number of anilines is 1. The largest absolute Gasteiger partial charge is 0.436 e. The van der Waals surface area contributed by atoms with Gasteiger partial charge in [0.2, 0.25) is 0 Å². The van der Waals surface area contributed by atoms with Crippen LogP contribution in [-0.4, -0.2) is 12.7 Å². The lowest BCUT2D eigenvalue weighted by atomic mass is 10.2. The molecule has 0 aliphatic heterocycles. The summed E-state index contributed by atoms with van der Waals surface area (Å²) < 4.78 is 4.94. The number of para-hydroxylation sites is 1. The third-order valence-electron chi connectivity index (χ3n) is 2.37. The number of rotatable bonds is 2. The first kappa shape index (κ1) is 14.0. The molecule has 0 unspecified atom stereocenters. The summed E-state index contributed by atoms with van der Waals surface area (Å²) in [6.07, 6.45) is -0.526. The number of carbonyl (C=O) groups excluding carboxylic acids is 1. The number of benzene rings is 2. The Morgan fingerprint density at radius 3 is 2.50 bits per heavy atom. The van der Waals surface area contributed by atoms with E-state index < -0.39 is 6.09 Å². The van der Waals surface area contributed by atoms with Crippen molar-refractivity contribution in [3.8, 4) is 11.8 Å². The molecule has 2 rings (SSSR count). The first-order valence-electron chi connectivity index (χ1n) is 5.97. The Bertz CT molecular complexity index is 627. The quantitative estimate of drug-likeness (QED) is 0.849. The molecule has 0 saturated heterocycles. The van der Waals surface area contributed by atoms with Crippen LogP contribution in [0.1, 0.15) is 5.56 Å². The van der Waals surface area contributed by atoms with Crippen LogP contribution in [0.15, 0.2) is 54.6 Å². The van der Waals surface area contributed by atoms with Crippen LogP contribution in [-0.2, 0) is 4.74 Å². The molecule has 0 aliphatic carbocycles. The lowest BCUT2D eigenvalue weighted by Gasteiger charge is -2.03. The second-order valence-electron chi connectivity index (χ2n) is 3.88. The van der Waals surface area contributed by atoms with Crippen molar-refractivity contribution in [2.75, 3.05) is 11.9 Å². The zero-order chi connectivity index (χ0) is 14.2. The highest BCUT2D eigenvalue weighted by Gasteiger charge is 2.00. The van der Waals surface area contributed by atoms with E-state index in [1.54, 1.807) is 36.4 Å². The van der Waals surface area contributed by atoms with Crippen LogP contribution in [0.2, 0.25) is 5.02 Å². The Morgan fingerprint density at radius 2 is 1.80 bits per heavy atom. The standard InChI is InChI=1S/C16H12ClNO2/c17-14-10-8-13(9-11-14)5-4-12-20-16(19)18-15-6-2-1-3-7-15/h1-3,6-11H,12H2,(H,18,19). The van der Waals surface area contributed by atoms with E-state index >= 15 is 0 Å². The molecule has 0 fully saturated rings. The molecule has 100 valence electrons. The van der Waals surface area contributed by atoms with Gasteiger partial charge in [0.25, 0.3) is 0 Å². The summed E-state index contributed by atoms with van der Waals surface area (Å²) in [5.74, 6) is 5.64. The highest BCUT2D eigenvalue weighted by molar-refractivity contribution is 6.30. The van der Waals surface area contributed by atoms with Crippen LogP contribution in [0, 0.1) is 11.8 Å². The lowest BCUT2D eigenvalue weighted by Crippen LogP contribution is -2.13. The lowest BCUT2D eigenvalue weighted by molar-refractivity contribution is 0.176. The Balaban J connectivity index is 1.79. The highest BCUT2D eigenvalue weighted by atomic mass is 35.5. The molecule has 1 N–H and O–H groups in total. The molecule has 0 atom stereocenters. The third-order valence-corrected chi connectivity index (χ3v) is 2.62. The van der Waals surface area contributed by atoms with E-state index in [0.29, 0.717) is 10.7 Å². The van der Waals surface area contributed by atoms with Gasteiger partial charge in [0.15, 0.2) is 6.61 Å². The van der Waals surface area contributed by atoms with E-state index in [1.165, 1.54) is 0 Å². The molecular formula is C16H12ClNO2. The van der Waals surface area contributed by atoms with Gasteiger partial charge in [-0.2, -0.15) is 0 Å². The van der Waals surface area contributed by atoms with Gasteiger partial charge in [-0.1, -0.05) is 41.6 Å². The molecule has 20 heavy (non-hydrogen) atoms. The van der Waals surface area contributed by atoms with Crippen LogP contribution < -0.4 is 5.32 Å². The number of carbonyl (C=O) groups is 1. The second-order valence-corrected chi connectivity index (χ2v) is 4.31. The molecule has 0 aliphatic rings. The van der Waals surface area contributed by atoms with E-state index in [4.69, 9.17) is 16.3 Å². The SMILES string of the molecule is O=C(Nc1ccccc1)OCC#Cc1ccc(Cl)cc1. The van der Waals surface area contributed by atoms with Crippen LogP contribution in [0.5, 0.6) is 0 Å². The summed E-state index contributed by atoms with van der Waals surface area (Å²) in [5.41, 5.74) is 1.50. The molecule has 3 nitrogen and oxygen atoms in total. The molecule has 2 aromatic carbocycles. The average molecular weight is 286 g/mol. The summed E-state index contributed by atoms with van der Waals surface area (Å²) in [4.78, 5) is 11.4. The van der Waals surface area contributed by atoms with E-state index in [1.807, 2.05) is 18.2 Å². The van der Waals surface area contributed by atoms with Gasteiger partial charge in [0.1, 0.15) is 0 Å². The number of ether oxygens (including phenoxy) is 1. The zero-order valence-corrected chi connectivity index (χ0v) is 11.4. The van der Waals surface area contributed by atoms with Crippen LogP contribution in [0.4, 0.5) is 10.5 Å². The van der Waals surface area contributed by atoms with Crippen molar-refractivity contribution >= 4 is 23.4 Å². The van der Waals surface area contributed by atoms with Gasteiger partial charge in [0.05, 0.1) is 0 Å². The van der Waals surface area contributed by atoms with Gasteiger partial charge in [-0.3, -0.25) is 5.32 Å².